The molecule has 1 N–H and O–H groups in total. The summed E-state index contributed by atoms with van der Waals surface area (Å²) in [6, 6.07) is 0. The molecule has 0 saturated heterocycles. The monoisotopic (exact) mass is 461 g/mol. The standard InChI is InChI=1S/C19H35N5.HI/c1-14-7-9-17(10-8-14)13-23(5)19(20-4)21-12-11-18-15(2)22-24(6)16(18)3;/h14,17H,7-13H2,1-6H3,(H,20,21);1H. The average Bonchev–Trinajstić information content (AvgIpc) is 2.79. The highest BCUT2D eigenvalue weighted by Gasteiger charge is 2.20. The smallest absolute Gasteiger partial charge is 0.193 e. The Morgan fingerprint density at radius 3 is 2.44 bits per heavy atom. The van der Waals surface area contributed by atoms with Crippen LogP contribution in [0.2, 0.25) is 0 Å². The Morgan fingerprint density at radius 2 is 1.92 bits per heavy atom. The Kier molecular flexibility index (Phi) is 9.24. The zero-order valence-corrected chi connectivity index (χ0v) is 19.1. The Hall–Kier alpha value is -0.790. The molecule has 0 unspecified atom stereocenters. The largest absolute Gasteiger partial charge is 0.356 e. The second-order valence-corrected chi connectivity index (χ2v) is 7.50. The van der Waals surface area contributed by atoms with Gasteiger partial charge in [-0.1, -0.05) is 19.8 Å². The molecule has 0 atom stereocenters. The molecule has 0 aromatic carbocycles. The Labute approximate surface area is 170 Å². The summed E-state index contributed by atoms with van der Waals surface area (Å²) in [6.45, 7) is 8.61. The third-order valence-corrected chi connectivity index (χ3v) is 5.56. The number of rotatable bonds is 5. The minimum Gasteiger partial charge on any atom is -0.356 e. The van der Waals surface area contributed by atoms with Crippen LogP contribution in [-0.2, 0) is 13.5 Å². The first-order chi connectivity index (χ1) is 11.4. The number of aromatic nitrogens is 2. The summed E-state index contributed by atoms with van der Waals surface area (Å²) >= 11 is 0. The first-order valence-corrected chi connectivity index (χ1v) is 9.33. The fourth-order valence-corrected chi connectivity index (χ4v) is 3.85. The van der Waals surface area contributed by atoms with Crippen molar-refractivity contribution in [2.24, 2.45) is 23.9 Å². The van der Waals surface area contributed by atoms with Crippen molar-refractivity contribution in [3.05, 3.63) is 17.0 Å². The lowest BCUT2D eigenvalue weighted by Gasteiger charge is -2.31. The van der Waals surface area contributed by atoms with Gasteiger partial charge in [-0.05, 0) is 50.5 Å². The number of aliphatic imine (C=N–C) groups is 1. The zero-order chi connectivity index (χ0) is 17.7. The van der Waals surface area contributed by atoms with Gasteiger partial charge in [0.1, 0.15) is 0 Å². The predicted octanol–water partition coefficient (Wildman–Crippen LogP) is 3.53. The lowest BCUT2D eigenvalue weighted by atomic mass is 9.83. The minimum absolute atomic E-state index is 0. The lowest BCUT2D eigenvalue weighted by molar-refractivity contribution is 0.250. The van der Waals surface area contributed by atoms with Crippen LogP contribution < -0.4 is 5.32 Å². The number of nitrogens with zero attached hydrogens (tertiary/aromatic N) is 4. The highest BCUT2D eigenvalue weighted by atomic mass is 127. The molecule has 0 aliphatic heterocycles. The van der Waals surface area contributed by atoms with Crippen molar-refractivity contribution in [1.82, 2.24) is 20.0 Å². The van der Waals surface area contributed by atoms with Gasteiger partial charge in [-0.15, -0.1) is 24.0 Å². The van der Waals surface area contributed by atoms with Crippen LogP contribution in [0.4, 0.5) is 0 Å². The van der Waals surface area contributed by atoms with Crippen LogP contribution in [0.5, 0.6) is 0 Å². The molecule has 6 heteroatoms. The average molecular weight is 461 g/mol. The van der Waals surface area contributed by atoms with Crippen LogP contribution in [0.25, 0.3) is 0 Å². The highest BCUT2D eigenvalue weighted by molar-refractivity contribution is 14.0. The second-order valence-electron chi connectivity index (χ2n) is 7.50. The van der Waals surface area contributed by atoms with Gasteiger partial charge in [-0.25, -0.2) is 0 Å². The molecule has 1 aromatic heterocycles. The molecular weight excluding hydrogens is 425 g/mol. The summed E-state index contributed by atoms with van der Waals surface area (Å²) in [5.41, 5.74) is 3.75. The van der Waals surface area contributed by atoms with Gasteiger partial charge in [0.25, 0.3) is 0 Å². The maximum atomic E-state index is 4.50. The molecule has 1 heterocycles. The Bertz CT molecular complexity index is 558. The van der Waals surface area contributed by atoms with E-state index in [1.807, 2.05) is 18.8 Å². The summed E-state index contributed by atoms with van der Waals surface area (Å²) in [5.74, 6) is 2.73. The maximum absolute atomic E-state index is 4.50. The molecule has 1 aliphatic rings. The van der Waals surface area contributed by atoms with Crippen LogP contribution >= 0.6 is 24.0 Å². The van der Waals surface area contributed by atoms with Crippen molar-refractivity contribution in [2.75, 3.05) is 27.2 Å². The Balaban J connectivity index is 0.00000312. The summed E-state index contributed by atoms with van der Waals surface area (Å²) in [4.78, 5) is 6.76. The van der Waals surface area contributed by atoms with E-state index in [9.17, 15) is 0 Å². The first kappa shape index (κ1) is 22.3. The van der Waals surface area contributed by atoms with E-state index in [4.69, 9.17) is 0 Å². The molecule has 2 rings (SSSR count). The Morgan fingerprint density at radius 1 is 1.28 bits per heavy atom. The molecule has 0 radical (unpaired) electrons. The number of nitrogens with one attached hydrogen (secondary N) is 1. The van der Waals surface area contributed by atoms with Gasteiger partial charge in [0.05, 0.1) is 5.69 Å². The number of aryl methyl sites for hydroxylation is 2. The molecular formula is C19H36IN5. The fourth-order valence-electron chi connectivity index (χ4n) is 3.85. The van der Waals surface area contributed by atoms with E-state index in [0.717, 1.165) is 43.0 Å². The van der Waals surface area contributed by atoms with Crippen molar-refractivity contribution >= 4 is 29.9 Å². The molecule has 1 saturated carbocycles. The summed E-state index contributed by atoms with van der Waals surface area (Å²) in [7, 11) is 6.05. The van der Waals surface area contributed by atoms with E-state index in [0.29, 0.717) is 0 Å². The third-order valence-electron chi connectivity index (χ3n) is 5.56. The molecule has 1 aliphatic carbocycles. The fraction of sp³-hybridized carbons (Fsp3) is 0.789. The summed E-state index contributed by atoms with van der Waals surface area (Å²) < 4.78 is 1.97. The van der Waals surface area contributed by atoms with Gasteiger partial charge < -0.3 is 10.2 Å². The van der Waals surface area contributed by atoms with Gasteiger partial charge in [-0.3, -0.25) is 9.67 Å². The van der Waals surface area contributed by atoms with Crippen LogP contribution in [0, 0.1) is 25.7 Å². The van der Waals surface area contributed by atoms with Gasteiger partial charge in [0.2, 0.25) is 0 Å². The topological polar surface area (TPSA) is 45.5 Å². The van der Waals surface area contributed by atoms with Crippen LogP contribution in [0.1, 0.15) is 49.6 Å². The first-order valence-electron chi connectivity index (χ1n) is 9.33. The molecule has 25 heavy (non-hydrogen) atoms. The van der Waals surface area contributed by atoms with E-state index in [1.54, 1.807) is 0 Å². The van der Waals surface area contributed by atoms with E-state index < -0.39 is 0 Å². The van der Waals surface area contributed by atoms with Crippen molar-refractivity contribution in [2.45, 2.75) is 52.9 Å². The maximum Gasteiger partial charge on any atom is 0.193 e. The summed E-state index contributed by atoms with van der Waals surface area (Å²) in [6.07, 6.45) is 6.46. The SMILES string of the molecule is CN=C(NCCc1c(C)nn(C)c1C)N(C)CC1CCC(C)CC1.I. The van der Waals surface area contributed by atoms with E-state index in [-0.39, 0.29) is 24.0 Å². The van der Waals surface area contributed by atoms with Crippen LogP contribution in [0.3, 0.4) is 0 Å². The zero-order valence-electron chi connectivity index (χ0n) is 16.8. The van der Waals surface area contributed by atoms with Crippen LogP contribution in [-0.4, -0.2) is 47.8 Å². The van der Waals surface area contributed by atoms with Crippen molar-refractivity contribution in [3.8, 4) is 0 Å². The van der Waals surface area contributed by atoms with Crippen LogP contribution in [0.15, 0.2) is 4.99 Å². The third kappa shape index (κ3) is 6.15. The quantitative estimate of drug-likeness (QED) is 0.415. The summed E-state index contributed by atoms with van der Waals surface area (Å²) in [5, 5.41) is 8.01. The van der Waals surface area contributed by atoms with E-state index in [1.165, 1.54) is 36.9 Å². The molecule has 1 aromatic rings. The second kappa shape index (κ2) is 10.4. The normalized spacial score (nSPS) is 21.0. The van der Waals surface area contributed by atoms with E-state index in [2.05, 4.69) is 48.1 Å². The van der Waals surface area contributed by atoms with Gasteiger partial charge in [0.15, 0.2) is 5.96 Å². The molecule has 1 fully saturated rings. The number of hydrogen-bond donors (Lipinski definition) is 1. The van der Waals surface area contributed by atoms with Crippen molar-refractivity contribution in [1.29, 1.82) is 0 Å². The number of halogens is 1. The molecule has 0 amide bonds. The van der Waals surface area contributed by atoms with Crippen molar-refractivity contribution < 1.29 is 0 Å². The number of hydrogen-bond acceptors (Lipinski definition) is 2. The molecule has 0 bridgehead atoms. The highest BCUT2D eigenvalue weighted by Crippen LogP contribution is 2.28. The van der Waals surface area contributed by atoms with Gasteiger partial charge in [-0.2, -0.15) is 5.10 Å². The molecule has 5 nitrogen and oxygen atoms in total. The molecule has 0 spiro atoms. The van der Waals surface area contributed by atoms with Crippen molar-refractivity contribution in [3.63, 3.8) is 0 Å². The number of guanidine groups is 1. The van der Waals surface area contributed by atoms with Gasteiger partial charge >= 0.3 is 0 Å². The molecule has 144 valence electrons. The van der Waals surface area contributed by atoms with Gasteiger partial charge in [0, 0.05) is 39.9 Å². The lowest BCUT2D eigenvalue weighted by Crippen LogP contribution is -2.42. The van der Waals surface area contributed by atoms with E-state index >= 15 is 0 Å². The predicted molar refractivity (Wildman–Crippen MR) is 117 cm³/mol. The minimum atomic E-state index is 0.